The lowest BCUT2D eigenvalue weighted by Gasteiger charge is -2.43. The standard InChI is InChI=1S/C16H22O11/c1-7(17)22-6-12-13(23-8(2)18)14(24-9(3)19)15(25-10(4)20)16(27-12)26-11(5)21/h12-16H,6H2,1-5H3/t12?,13-,14-,15?,16+/m1/s1. The molecule has 0 aliphatic carbocycles. The molecule has 0 amide bonds. The molecule has 0 spiro atoms. The molecule has 27 heavy (non-hydrogen) atoms. The molecule has 1 saturated heterocycles. The number of hydrogen-bond donors (Lipinski definition) is 0. The Labute approximate surface area is 155 Å². The van der Waals surface area contributed by atoms with Gasteiger partial charge in [-0.3, -0.25) is 24.0 Å². The zero-order valence-corrected chi connectivity index (χ0v) is 15.6. The van der Waals surface area contributed by atoms with Crippen LogP contribution in [-0.2, 0) is 52.4 Å². The van der Waals surface area contributed by atoms with Crippen molar-refractivity contribution in [2.45, 2.75) is 65.3 Å². The minimum Gasteiger partial charge on any atom is -0.463 e. The predicted molar refractivity (Wildman–Crippen MR) is 83.7 cm³/mol. The Balaban J connectivity index is 3.29. The summed E-state index contributed by atoms with van der Waals surface area (Å²) in [5, 5.41) is 0. The highest BCUT2D eigenvalue weighted by atomic mass is 16.7. The Morgan fingerprint density at radius 3 is 1.52 bits per heavy atom. The number of rotatable bonds is 6. The lowest BCUT2D eigenvalue weighted by atomic mass is 9.98. The van der Waals surface area contributed by atoms with E-state index in [2.05, 4.69) is 0 Å². The highest BCUT2D eigenvalue weighted by Crippen LogP contribution is 2.29. The molecule has 2 unspecified atom stereocenters. The van der Waals surface area contributed by atoms with E-state index >= 15 is 0 Å². The van der Waals surface area contributed by atoms with E-state index < -0.39 is 67.2 Å². The van der Waals surface area contributed by atoms with Crippen LogP contribution in [0.15, 0.2) is 0 Å². The van der Waals surface area contributed by atoms with Gasteiger partial charge in [0.05, 0.1) is 0 Å². The second kappa shape index (κ2) is 9.86. The van der Waals surface area contributed by atoms with Crippen molar-refractivity contribution in [1.29, 1.82) is 0 Å². The summed E-state index contributed by atoms with van der Waals surface area (Å²) in [6.07, 6.45) is -6.70. The van der Waals surface area contributed by atoms with E-state index in [1.54, 1.807) is 0 Å². The first-order valence-corrected chi connectivity index (χ1v) is 7.99. The third-order valence-electron chi connectivity index (χ3n) is 3.23. The quantitative estimate of drug-likeness (QED) is 0.433. The molecule has 0 saturated carbocycles. The van der Waals surface area contributed by atoms with Crippen LogP contribution in [0.5, 0.6) is 0 Å². The van der Waals surface area contributed by atoms with E-state index in [0.29, 0.717) is 0 Å². The van der Waals surface area contributed by atoms with Gasteiger partial charge in [-0.25, -0.2) is 0 Å². The third-order valence-corrected chi connectivity index (χ3v) is 3.23. The molecule has 11 nitrogen and oxygen atoms in total. The number of ether oxygens (including phenoxy) is 6. The van der Waals surface area contributed by atoms with Gasteiger partial charge in [0.15, 0.2) is 12.2 Å². The molecule has 0 N–H and O–H groups in total. The van der Waals surface area contributed by atoms with Crippen molar-refractivity contribution in [1.82, 2.24) is 0 Å². The summed E-state index contributed by atoms with van der Waals surface area (Å²) in [6, 6.07) is 0. The monoisotopic (exact) mass is 390 g/mol. The highest BCUT2D eigenvalue weighted by molar-refractivity contribution is 5.69. The Bertz CT molecular complexity index is 599. The van der Waals surface area contributed by atoms with Crippen molar-refractivity contribution in [2.24, 2.45) is 0 Å². The van der Waals surface area contributed by atoms with Crippen molar-refractivity contribution >= 4 is 29.8 Å². The van der Waals surface area contributed by atoms with Gasteiger partial charge in [-0.2, -0.15) is 0 Å². The van der Waals surface area contributed by atoms with Gasteiger partial charge in [-0.1, -0.05) is 0 Å². The number of carbonyl (C=O) groups is 5. The molecular formula is C16H22O11. The van der Waals surface area contributed by atoms with Crippen LogP contribution in [0.25, 0.3) is 0 Å². The molecule has 1 rings (SSSR count). The summed E-state index contributed by atoms with van der Waals surface area (Å²) < 4.78 is 30.8. The van der Waals surface area contributed by atoms with Crippen LogP contribution in [0, 0.1) is 0 Å². The Hall–Kier alpha value is -2.69. The van der Waals surface area contributed by atoms with Gasteiger partial charge in [0.2, 0.25) is 12.4 Å². The predicted octanol–water partition coefficient (Wildman–Crippen LogP) is -0.367. The highest BCUT2D eigenvalue weighted by Gasteiger charge is 2.53. The lowest BCUT2D eigenvalue weighted by molar-refractivity contribution is -0.300. The summed E-state index contributed by atoms with van der Waals surface area (Å²) in [5.74, 6) is -3.71. The van der Waals surface area contributed by atoms with E-state index in [4.69, 9.17) is 28.4 Å². The van der Waals surface area contributed by atoms with Gasteiger partial charge in [-0.05, 0) is 0 Å². The van der Waals surface area contributed by atoms with Crippen LogP contribution in [0.4, 0.5) is 0 Å². The van der Waals surface area contributed by atoms with Crippen molar-refractivity contribution in [3.63, 3.8) is 0 Å². The van der Waals surface area contributed by atoms with E-state index in [0.717, 1.165) is 34.6 Å². The van der Waals surface area contributed by atoms with Crippen LogP contribution in [0.1, 0.15) is 34.6 Å². The van der Waals surface area contributed by atoms with Crippen molar-refractivity contribution in [3.05, 3.63) is 0 Å². The van der Waals surface area contributed by atoms with E-state index in [1.807, 2.05) is 0 Å². The molecule has 0 radical (unpaired) electrons. The Kier molecular flexibility index (Phi) is 8.16. The van der Waals surface area contributed by atoms with Crippen LogP contribution in [0.2, 0.25) is 0 Å². The SMILES string of the molecule is CC(=O)OCC1O[C@H](OC(C)=O)C(OC(C)=O)[C@H](OC(C)=O)[C@@H]1OC(C)=O. The summed E-state index contributed by atoms with van der Waals surface area (Å²) in [5.41, 5.74) is 0. The van der Waals surface area contributed by atoms with Crippen LogP contribution >= 0.6 is 0 Å². The minimum absolute atomic E-state index is 0.393. The van der Waals surface area contributed by atoms with Crippen molar-refractivity contribution in [3.8, 4) is 0 Å². The van der Waals surface area contributed by atoms with Crippen LogP contribution < -0.4 is 0 Å². The maximum Gasteiger partial charge on any atom is 0.305 e. The van der Waals surface area contributed by atoms with Crippen LogP contribution in [-0.4, -0.2) is 67.2 Å². The first-order chi connectivity index (χ1) is 12.5. The molecule has 1 heterocycles. The summed E-state index contributed by atoms with van der Waals surface area (Å²) in [7, 11) is 0. The number of carbonyl (C=O) groups excluding carboxylic acids is 5. The first kappa shape index (κ1) is 22.4. The van der Waals surface area contributed by atoms with Gasteiger partial charge in [0, 0.05) is 34.6 Å². The molecule has 0 aromatic heterocycles. The smallest absolute Gasteiger partial charge is 0.305 e. The maximum absolute atomic E-state index is 11.5. The fourth-order valence-electron chi connectivity index (χ4n) is 2.45. The van der Waals surface area contributed by atoms with Gasteiger partial charge in [-0.15, -0.1) is 0 Å². The first-order valence-electron chi connectivity index (χ1n) is 7.99. The lowest BCUT2D eigenvalue weighted by Crippen LogP contribution is -2.63. The second-order valence-corrected chi connectivity index (χ2v) is 5.68. The Morgan fingerprint density at radius 1 is 0.630 bits per heavy atom. The summed E-state index contributed by atoms with van der Waals surface area (Å²) >= 11 is 0. The molecule has 0 aromatic carbocycles. The number of hydrogen-bond acceptors (Lipinski definition) is 11. The molecule has 11 heteroatoms. The Morgan fingerprint density at radius 2 is 1.07 bits per heavy atom. The molecular weight excluding hydrogens is 368 g/mol. The topological polar surface area (TPSA) is 141 Å². The molecule has 0 bridgehead atoms. The maximum atomic E-state index is 11.5. The van der Waals surface area contributed by atoms with Crippen molar-refractivity contribution < 1.29 is 52.4 Å². The van der Waals surface area contributed by atoms with Gasteiger partial charge in [0.25, 0.3) is 0 Å². The van der Waals surface area contributed by atoms with Gasteiger partial charge in [0.1, 0.15) is 12.7 Å². The molecule has 152 valence electrons. The molecule has 1 aliphatic rings. The van der Waals surface area contributed by atoms with Gasteiger partial charge >= 0.3 is 29.8 Å². The molecule has 1 fully saturated rings. The van der Waals surface area contributed by atoms with Crippen LogP contribution in [0.3, 0.4) is 0 Å². The number of esters is 5. The second-order valence-electron chi connectivity index (χ2n) is 5.68. The molecule has 1 aliphatic heterocycles. The average Bonchev–Trinajstić information content (AvgIpc) is 2.49. The molecule has 5 atom stereocenters. The van der Waals surface area contributed by atoms with E-state index in [-0.39, 0.29) is 0 Å². The molecule has 0 aromatic rings. The van der Waals surface area contributed by atoms with E-state index in [1.165, 1.54) is 0 Å². The van der Waals surface area contributed by atoms with Gasteiger partial charge < -0.3 is 28.4 Å². The fraction of sp³-hybridized carbons (Fsp3) is 0.688. The summed E-state index contributed by atoms with van der Waals surface area (Å²) in [4.78, 5) is 57.0. The minimum atomic E-state index is -1.48. The third kappa shape index (κ3) is 7.21. The normalized spacial score (nSPS) is 27.1. The largest absolute Gasteiger partial charge is 0.463 e. The van der Waals surface area contributed by atoms with Crippen molar-refractivity contribution in [2.75, 3.05) is 6.61 Å². The zero-order valence-electron chi connectivity index (χ0n) is 15.6. The van der Waals surface area contributed by atoms with E-state index in [9.17, 15) is 24.0 Å². The zero-order chi connectivity index (χ0) is 20.7. The fourth-order valence-corrected chi connectivity index (χ4v) is 2.45. The summed E-state index contributed by atoms with van der Waals surface area (Å²) in [6.45, 7) is 5.13. The average molecular weight is 390 g/mol.